The Morgan fingerprint density at radius 2 is 1.68 bits per heavy atom. The summed E-state index contributed by atoms with van der Waals surface area (Å²) in [6.07, 6.45) is 8.87. The van der Waals surface area contributed by atoms with Gasteiger partial charge in [0.25, 0.3) is 0 Å². The highest BCUT2D eigenvalue weighted by Crippen LogP contribution is 2.42. The second-order valence-electron chi connectivity index (χ2n) is 8.56. The molecule has 172 valence electrons. The molecule has 0 unspecified atom stereocenters. The van der Waals surface area contributed by atoms with Crippen molar-refractivity contribution in [1.82, 2.24) is 19.5 Å². The van der Waals surface area contributed by atoms with Gasteiger partial charge in [-0.2, -0.15) is 0 Å². The number of nitrogens with zero attached hydrogens (tertiary/aromatic N) is 4. The molecule has 1 saturated carbocycles. The second-order valence-corrected chi connectivity index (χ2v) is 8.99. The lowest BCUT2D eigenvalue weighted by molar-refractivity contribution is -0.121. The van der Waals surface area contributed by atoms with Gasteiger partial charge < -0.3 is 10.6 Å². The summed E-state index contributed by atoms with van der Waals surface area (Å²) in [6.45, 7) is 1.92. The molecule has 0 aliphatic heterocycles. The van der Waals surface area contributed by atoms with Gasteiger partial charge in [-0.15, -0.1) is 0 Å². The molecule has 1 fully saturated rings. The Bertz CT molecular complexity index is 1290. The zero-order valence-electron chi connectivity index (χ0n) is 18.8. The van der Waals surface area contributed by atoms with Crippen molar-refractivity contribution < 1.29 is 4.79 Å². The predicted octanol–water partition coefficient (Wildman–Crippen LogP) is 5.82. The first-order valence-electron chi connectivity index (χ1n) is 11.3. The maximum Gasteiger partial charge on any atom is 0.235 e. The van der Waals surface area contributed by atoms with Gasteiger partial charge in [0.1, 0.15) is 23.8 Å². The summed E-state index contributed by atoms with van der Waals surface area (Å²) in [5.74, 6) is 2.29. The van der Waals surface area contributed by atoms with Gasteiger partial charge in [-0.05, 0) is 61.7 Å². The third-order valence-corrected chi connectivity index (χ3v) is 6.68. The lowest BCUT2D eigenvalue weighted by Crippen LogP contribution is -2.37. The molecule has 2 aromatic carbocycles. The molecule has 1 amide bonds. The number of nitrogens with one attached hydrogen (secondary N) is 2. The van der Waals surface area contributed by atoms with Gasteiger partial charge >= 0.3 is 0 Å². The Morgan fingerprint density at radius 3 is 2.35 bits per heavy atom. The van der Waals surface area contributed by atoms with Crippen LogP contribution in [0.5, 0.6) is 0 Å². The highest BCUT2D eigenvalue weighted by Gasteiger charge is 2.42. The van der Waals surface area contributed by atoms with E-state index in [1.54, 1.807) is 6.20 Å². The number of carbonyl (C=O) groups excluding carboxylic acids is 1. The Hall–Kier alpha value is -3.71. The summed E-state index contributed by atoms with van der Waals surface area (Å²) in [5, 5.41) is 7.09. The zero-order valence-corrected chi connectivity index (χ0v) is 19.6. The second kappa shape index (κ2) is 9.27. The molecule has 5 rings (SSSR count). The minimum Gasteiger partial charge on any atom is -0.340 e. The molecule has 7 nitrogen and oxygen atoms in total. The third kappa shape index (κ3) is 4.39. The summed E-state index contributed by atoms with van der Waals surface area (Å²) in [5.41, 5.74) is 2.13. The Labute approximate surface area is 203 Å². The molecule has 0 radical (unpaired) electrons. The summed E-state index contributed by atoms with van der Waals surface area (Å²) < 4.78 is 1.89. The van der Waals surface area contributed by atoms with Crippen LogP contribution in [0.1, 0.15) is 37.1 Å². The number of hydrogen-bond acceptors (Lipinski definition) is 5. The summed E-state index contributed by atoms with van der Waals surface area (Å²) >= 11 is 6.07. The first-order valence-corrected chi connectivity index (χ1v) is 11.7. The number of anilines is 3. The number of hydrogen-bond donors (Lipinski definition) is 2. The quantitative estimate of drug-likeness (QED) is 0.369. The highest BCUT2D eigenvalue weighted by molar-refractivity contribution is 6.30. The van der Waals surface area contributed by atoms with Crippen molar-refractivity contribution in [3.63, 3.8) is 0 Å². The Morgan fingerprint density at radius 1 is 0.971 bits per heavy atom. The number of benzene rings is 2. The molecule has 34 heavy (non-hydrogen) atoms. The molecule has 1 aliphatic rings. The Kier molecular flexibility index (Phi) is 6.02. The predicted molar refractivity (Wildman–Crippen MR) is 134 cm³/mol. The van der Waals surface area contributed by atoms with E-state index in [9.17, 15) is 4.79 Å². The lowest BCUT2D eigenvalue weighted by atomic mass is 9.78. The molecule has 2 heterocycles. The largest absolute Gasteiger partial charge is 0.340 e. The molecule has 0 spiro atoms. The third-order valence-electron chi connectivity index (χ3n) is 6.43. The molecule has 0 bridgehead atoms. The number of aryl methyl sites for hydroxylation is 1. The standard InChI is InChI=1S/C26H25ClN6O/c1-18-28-14-15-33(18)24-16-23(29-17-30-24)31-21-8-10-22(11-9-21)32-25(34)26(12-2-3-13-26)19-4-6-20(27)7-5-19/h4-11,14-17H,2-3,12-13H2,1H3,(H,32,34)(H,29,30,31). The minimum absolute atomic E-state index is 0.0316. The van der Waals surface area contributed by atoms with Crippen LogP contribution in [0, 0.1) is 6.92 Å². The van der Waals surface area contributed by atoms with E-state index < -0.39 is 5.41 Å². The van der Waals surface area contributed by atoms with Gasteiger partial charge in [0.15, 0.2) is 0 Å². The van der Waals surface area contributed by atoms with Gasteiger partial charge in [-0.1, -0.05) is 36.6 Å². The van der Waals surface area contributed by atoms with Crippen molar-refractivity contribution in [2.75, 3.05) is 10.6 Å². The van der Waals surface area contributed by atoms with Crippen molar-refractivity contribution in [3.8, 4) is 5.82 Å². The average molecular weight is 473 g/mol. The van der Waals surface area contributed by atoms with E-state index in [1.807, 2.05) is 72.3 Å². The minimum atomic E-state index is -0.510. The summed E-state index contributed by atoms with van der Waals surface area (Å²) in [7, 11) is 0. The molecular weight excluding hydrogens is 448 g/mol. The van der Waals surface area contributed by atoms with E-state index in [0.717, 1.165) is 54.3 Å². The van der Waals surface area contributed by atoms with Crippen LogP contribution in [0.4, 0.5) is 17.2 Å². The highest BCUT2D eigenvalue weighted by atomic mass is 35.5. The van der Waals surface area contributed by atoms with Crippen molar-refractivity contribution in [2.24, 2.45) is 0 Å². The van der Waals surface area contributed by atoms with Crippen LogP contribution in [0.3, 0.4) is 0 Å². The van der Waals surface area contributed by atoms with Crippen LogP contribution in [0.15, 0.2) is 73.3 Å². The fraction of sp³-hybridized carbons (Fsp3) is 0.231. The molecule has 1 aliphatic carbocycles. The lowest BCUT2D eigenvalue weighted by Gasteiger charge is -2.28. The van der Waals surface area contributed by atoms with Crippen molar-refractivity contribution in [3.05, 3.63) is 89.7 Å². The van der Waals surface area contributed by atoms with Crippen molar-refractivity contribution >= 4 is 34.7 Å². The van der Waals surface area contributed by atoms with Crippen molar-refractivity contribution in [2.45, 2.75) is 38.0 Å². The number of carbonyl (C=O) groups is 1. The van der Waals surface area contributed by atoms with E-state index in [0.29, 0.717) is 10.8 Å². The van der Waals surface area contributed by atoms with Crippen LogP contribution in [0.25, 0.3) is 5.82 Å². The Balaban J connectivity index is 1.29. The monoisotopic (exact) mass is 472 g/mol. The number of imidazole rings is 1. The van der Waals surface area contributed by atoms with Crippen LogP contribution >= 0.6 is 11.6 Å². The SMILES string of the molecule is Cc1nccn1-c1cc(Nc2ccc(NC(=O)C3(c4ccc(Cl)cc4)CCCC3)cc2)ncn1. The normalized spacial score (nSPS) is 14.6. The molecule has 0 atom stereocenters. The van der Waals surface area contributed by atoms with E-state index in [4.69, 9.17) is 11.6 Å². The van der Waals surface area contributed by atoms with E-state index >= 15 is 0 Å². The van der Waals surface area contributed by atoms with Crippen LogP contribution in [-0.2, 0) is 10.2 Å². The first-order chi connectivity index (χ1) is 16.5. The number of aromatic nitrogens is 4. The topological polar surface area (TPSA) is 84.7 Å². The summed E-state index contributed by atoms with van der Waals surface area (Å²) in [4.78, 5) is 26.3. The van der Waals surface area contributed by atoms with E-state index in [1.165, 1.54) is 6.33 Å². The maximum atomic E-state index is 13.4. The van der Waals surface area contributed by atoms with Gasteiger partial charge in [-0.3, -0.25) is 9.36 Å². The smallest absolute Gasteiger partial charge is 0.235 e. The van der Waals surface area contributed by atoms with Crippen molar-refractivity contribution in [1.29, 1.82) is 0 Å². The fourth-order valence-corrected chi connectivity index (χ4v) is 4.72. The molecule has 4 aromatic rings. The molecule has 8 heteroatoms. The number of halogens is 1. The first kappa shape index (κ1) is 22.1. The van der Waals surface area contributed by atoms with Gasteiger partial charge in [-0.25, -0.2) is 15.0 Å². The molecular formula is C26H25ClN6O. The molecule has 2 N–H and O–H groups in total. The van der Waals surface area contributed by atoms with Crippen LogP contribution in [0.2, 0.25) is 5.02 Å². The zero-order chi connectivity index (χ0) is 23.5. The average Bonchev–Trinajstić information content (AvgIpc) is 3.51. The van der Waals surface area contributed by atoms with Gasteiger partial charge in [0.2, 0.25) is 5.91 Å². The van der Waals surface area contributed by atoms with Gasteiger partial charge in [0, 0.05) is 34.9 Å². The maximum absolute atomic E-state index is 13.4. The van der Waals surface area contributed by atoms with E-state index in [2.05, 4.69) is 25.6 Å². The van der Waals surface area contributed by atoms with Gasteiger partial charge in [0.05, 0.1) is 5.41 Å². The fourth-order valence-electron chi connectivity index (χ4n) is 4.60. The van der Waals surface area contributed by atoms with E-state index in [-0.39, 0.29) is 5.91 Å². The molecule has 0 saturated heterocycles. The number of amides is 1. The molecule has 2 aromatic heterocycles. The van der Waals surface area contributed by atoms with Crippen LogP contribution in [-0.4, -0.2) is 25.4 Å². The summed E-state index contributed by atoms with van der Waals surface area (Å²) in [6, 6.07) is 17.2. The van der Waals surface area contributed by atoms with Crippen LogP contribution < -0.4 is 10.6 Å². The number of rotatable bonds is 6.